The first-order valence-corrected chi connectivity index (χ1v) is 5.92. The van der Waals surface area contributed by atoms with Crippen LogP contribution >= 0.6 is 22.6 Å². The molecule has 1 N–H and O–H groups in total. The van der Waals surface area contributed by atoms with E-state index in [1.165, 1.54) is 17.0 Å². The summed E-state index contributed by atoms with van der Waals surface area (Å²) >= 11 is 1.97. The van der Waals surface area contributed by atoms with Gasteiger partial charge in [0.15, 0.2) is 0 Å². The van der Waals surface area contributed by atoms with Crippen LogP contribution in [0.2, 0.25) is 0 Å². The normalized spacial score (nSPS) is 17.4. The van der Waals surface area contributed by atoms with Crippen LogP contribution in [0.5, 0.6) is 0 Å². The molecule has 1 aliphatic rings. The van der Waals surface area contributed by atoms with Gasteiger partial charge in [0, 0.05) is 9.11 Å². The fraction of sp³-hybridized carbons (Fsp3) is 0.364. The number of fused-ring (bicyclic) bond motifs is 1. The van der Waals surface area contributed by atoms with Crippen LogP contribution in [0.1, 0.15) is 19.4 Å². The third-order valence-corrected chi connectivity index (χ3v) is 3.57. The molecular weight excluding hydrogens is 324 g/mol. The summed E-state index contributed by atoms with van der Waals surface area (Å²) in [4.78, 5) is 12.6. The molecule has 0 saturated heterocycles. The highest BCUT2D eigenvalue weighted by atomic mass is 127. The van der Waals surface area contributed by atoms with Gasteiger partial charge in [-0.15, -0.1) is 0 Å². The number of halogens is 2. The van der Waals surface area contributed by atoms with E-state index >= 15 is 0 Å². The summed E-state index contributed by atoms with van der Waals surface area (Å²) in [5.74, 6) is -0.314. The van der Waals surface area contributed by atoms with E-state index in [4.69, 9.17) is 0 Å². The van der Waals surface area contributed by atoms with Crippen LogP contribution in [0.3, 0.4) is 0 Å². The van der Waals surface area contributed by atoms with E-state index in [0.29, 0.717) is 15.7 Å². The monoisotopic (exact) mass is 335 g/mol. The summed E-state index contributed by atoms with van der Waals surface area (Å²) in [6, 6.07) is 2.78. The molecule has 2 rings (SSSR count). The molecule has 1 heterocycles. The van der Waals surface area contributed by atoms with Gasteiger partial charge in [-0.1, -0.05) is 0 Å². The Morgan fingerprint density at radius 1 is 1.56 bits per heavy atom. The fourth-order valence-corrected chi connectivity index (χ4v) is 3.09. The molecule has 0 atom stereocenters. The molecular formula is C11H11FINO2. The summed E-state index contributed by atoms with van der Waals surface area (Å²) in [6.07, 6.45) is -0.448. The van der Waals surface area contributed by atoms with Gasteiger partial charge in [0.2, 0.25) is 0 Å². The number of nitrogens with zero attached hydrogens (tertiary/aromatic N) is 1. The van der Waals surface area contributed by atoms with Gasteiger partial charge in [-0.05, 0) is 60.6 Å². The van der Waals surface area contributed by atoms with E-state index in [1.54, 1.807) is 0 Å². The predicted molar refractivity (Wildman–Crippen MR) is 67.4 cm³/mol. The van der Waals surface area contributed by atoms with Gasteiger partial charge in [-0.3, -0.25) is 4.90 Å². The van der Waals surface area contributed by atoms with Crippen LogP contribution in [-0.2, 0) is 6.42 Å². The molecule has 3 nitrogen and oxygen atoms in total. The largest absolute Gasteiger partial charge is 0.465 e. The molecule has 16 heavy (non-hydrogen) atoms. The molecule has 1 amide bonds. The number of amides is 1. The third-order valence-electron chi connectivity index (χ3n) is 2.75. The average molecular weight is 335 g/mol. The molecule has 0 aliphatic carbocycles. The molecule has 5 heteroatoms. The third kappa shape index (κ3) is 1.66. The second kappa shape index (κ2) is 3.58. The van der Waals surface area contributed by atoms with E-state index in [2.05, 4.69) is 0 Å². The number of rotatable bonds is 0. The smallest absolute Gasteiger partial charge is 0.412 e. The zero-order valence-corrected chi connectivity index (χ0v) is 11.1. The quantitative estimate of drug-likeness (QED) is 0.740. The lowest BCUT2D eigenvalue weighted by atomic mass is 10.00. The number of hydrogen-bond acceptors (Lipinski definition) is 1. The number of hydrogen-bond donors (Lipinski definition) is 1. The molecule has 0 saturated carbocycles. The Balaban J connectivity index is 2.64. The van der Waals surface area contributed by atoms with E-state index in [-0.39, 0.29) is 5.82 Å². The topological polar surface area (TPSA) is 40.5 Å². The van der Waals surface area contributed by atoms with Crippen LogP contribution in [0.25, 0.3) is 0 Å². The molecule has 0 bridgehead atoms. The number of benzene rings is 1. The van der Waals surface area contributed by atoms with Crippen molar-refractivity contribution in [3.63, 3.8) is 0 Å². The molecule has 1 aliphatic heterocycles. The first kappa shape index (κ1) is 11.6. The Morgan fingerprint density at radius 3 is 2.75 bits per heavy atom. The maximum atomic E-state index is 13.2. The average Bonchev–Trinajstić information content (AvgIpc) is 2.34. The van der Waals surface area contributed by atoms with Gasteiger partial charge in [0.05, 0.1) is 5.69 Å². The van der Waals surface area contributed by atoms with Gasteiger partial charge in [0.25, 0.3) is 0 Å². The second-order valence-electron chi connectivity index (χ2n) is 4.50. The standard InChI is InChI=1S/C11H11FINO2/c1-11(2)5-6-3-7(12)4-8(13)9(6)14(11)10(15)16/h3-4H,5H2,1-2H3,(H,15,16). The SMILES string of the molecule is CC1(C)Cc2cc(F)cc(I)c2N1C(=O)O. The minimum absolute atomic E-state index is 0.314. The summed E-state index contributed by atoms with van der Waals surface area (Å²) in [6.45, 7) is 3.68. The Kier molecular flexibility index (Phi) is 2.60. The molecule has 0 spiro atoms. The van der Waals surface area contributed by atoms with Crippen molar-refractivity contribution in [2.45, 2.75) is 25.8 Å². The van der Waals surface area contributed by atoms with Crippen molar-refractivity contribution in [2.75, 3.05) is 4.90 Å². The maximum absolute atomic E-state index is 13.2. The van der Waals surface area contributed by atoms with E-state index in [0.717, 1.165) is 5.56 Å². The first-order valence-electron chi connectivity index (χ1n) is 4.84. The van der Waals surface area contributed by atoms with Crippen molar-refractivity contribution in [1.29, 1.82) is 0 Å². The van der Waals surface area contributed by atoms with Crippen molar-refractivity contribution >= 4 is 34.4 Å². The molecule has 1 aromatic rings. The maximum Gasteiger partial charge on any atom is 0.412 e. The number of anilines is 1. The van der Waals surface area contributed by atoms with Crippen molar-refractivity contribution in [1.82, 2.24) is 0 Å². The van der Waals surface area contributed by atoms with Gasteiger partial charge < -0.3 is 5.11 Å². The van der Waals surface area contributed by atoms with Gasteiger partial charge >= 0.3 is 6.09 Å². The van der Waals surface area contributed by atoms with Crippen LogP contribution in [0, 0.1) is 9.39 Å². The van der Waals surface area contributed by atoms with E-state index in [9.17, 15) is 14.3 Å². The lowest BCUT2D eigenvalue weighted by Crippen LogP contribution is -2.44. The van der Waals surface area contributed by atoms with Gasteiger partial charge in [-0.2, -0.15) is 0 Å². The molecule has 86 valence electrons. The highest BCUT2D eigenvalue weighted by Crippen LogP contribution is 2.41. The van der Waals surface area contributed by atoms with Crippen molar-refractivity contribution < 1.29 is 14.3 Å². The van der Waals surface area contributed by atoms with Gasteiger partial charge in [0.1, 0.15) is 5.82 Å². The zero-order chi connectivity index (χ0) is 12.1. The fourth-order valence-electron chi connectivity index (χ4n) is 2.21. The molecule has 0 fully saturated rings. The summed E-state index contributed by atoms with van der Waals surface area (Å²) < 4.78 is 13.9. The highest BCUT2D eigenvalue weighted by Gasteiger charge is 2.41. The Labute approximate surface area is 106 Å². The number of carboxylic acid groups (broad SMARTS) is 1. The summed E-state index contributed by atoms with van der Waals surface area (Å²) in [5.41, 5.74) is 0.873. The van der Waals surface area contributed by atoms with Gasteiger partial charge in [-0.25, -0.2) is 9.18 Å². The van der Waals surface area contributed by atoms with Crippen molar-refractivity contribution in [2.24, 2.45) is 0 Å². The molecule has 0 aromatic heterocycles. The lowest BCUT2D eigenvalue weighted by molar-refractivity contribution is 0.196. The summed E-state index contributed by atoms with van der Waals surface area (Å²) in [7, 11) is 0. The van der Waals surface area contributed by atoms with E-state index < -0.39 is 11.6 Å². The van der Waals surface area contributed by atoms with Crippen LogP contribution in [-0.4, -0.2) is 16.7 Å². The van der Waals surface area contributed by atoms with Crippen LogP contribution < -0.4 is 4.90 Å². The van der Waals surface area contributed by atoms with E-state index in [1.807, 2.05) is 36.4 Å². The zero-order valence-electron chi connectivity index (χ0n) is 8.92. The predicted octanol–water partition coefficient (Wildman–Crippen LogP) is 3.25. The lowest BCUT2D eigenvalue weighted by Gasteiger charge is -2.29. The minimum atomic E-state index is -0.992. The summed E-state index contributed by atoms with van der Waals surface area (Å²) in [5, 5.41) is 9.22. The molecule has 1 aromatic carbocycles. The Hall–Kier alpha value is -0.850. The molecule has 0 unspecified atom stereocenters. The van der Waals surface area contributed by atoms with Crippen molar-refractivity contribution in [3.05, 3.63) is 27.1 Å². The van der Waals surface area contributed by atoms with Crippen LogP contribution in [0.4, 0.5) is 14.9 Å². The first-order chi connectivity index (χ1) is 7.33. The number of carbonyl (C=O) groups is 1. The van der Waals surface area contributed by atoms with Crippen LogP contribution in [0.15, 0.2) is 12.1 Å². The Bertz CT molecular complexity index is 473. The second-order valence-corrected chi connectivity index (χ2v) is 5.66. The highest BCUT2D eigenvalue weighted by molar-refractivity contribution is 14.1. The van der Waals surface area contributed by atoms with Crippen molar-refractivity contribution in [3.8, 4) is 0 Å². The molecule has 0 radical (unpaired) electrons. The Morgan fingerprint density at radius 2 is 2.19 bits per heavy atom. The minimum Gasteiger partial charge on any atom is -0.465 e.